The van der Waals surface area contributed by atoms with Gasteiger partial charge in [-0.15, -0.1) is 21.5 Å². The van der Waals surface area contributed by atoms with Gasteiger partial charge in [-0.2, -0.15) is 0 Å². The van der Waals surface area contributed by atoms with Crippen molar-refractivity contribution in [2.75, 3.05) is 7.11 Å². The molecule has 3 heterocycles. The Bertz CT molecular complexity index is 1260. The number of aromatic nitrogens is 5. The van der Waals surface area contributed by atoms with Crippen LogP contribution in [0.25, 0.3) is 22.0 Å². The Labute approximate surface area is 216 Å². The van der Waals surface area contributed by atoms with Crippen molar-refractivity contribution in [1.82, 2.24) is 24.7 Å². The summed E-state index contributed by atoms with van der Waals surface area (Å²) in [7, 11) is 1.69. The molecule has 4 aromatic rings. The molecule has 9 heteroatoms. The Balaban J connectivity index is 1.41. The third kappa shape index (κ3) is 4.92. The molecule has 2 unspecified atom stereocenters. The van der Waals surface area contributed by atoms with Gasteiger partial charge < -0.3 is 4.74 Å². The number of nitrogens with zero attached hydrogens (tertiary/aromatic N) is 5. The molecule has 6 nitrogen and oxygen atoms in total. The number of benzene rings is 1. The van der Waals surface area contributed by atoms with Crippen LogP contribution < -0.4 is 4.74 Å². The summed E-state index contributed by atoms with van der Waals surface area (Å²) in [6.07, 6.45) is 8.61. The van der Waals surface area contributed by atoms with Crippen LogP contribution in [0.2, 0.25) is 0 Å². The average molecular weight is 557 g/mol. The van der Waals surface area contributed by atoms with E-state index in [4.69, 9.17) is 9.72 Å². The van der Waals surface area contributed by atoms with Crippen LogP contribution in [0.5, 0.6) is 5.75 Å². The molecule has 0 N–H and O–H groups in total. The highest BCUT2D eigenvalue weighted by Crippen LogP contribution is 2.40. The van der Waals surface area contributed by atoms with Gasteiger partial charge in [0.1, 0.15) is 10.8 Å². The first-order chi connectivity index (χ1) is 16.6. The van der Waals surface area contributed by atoms with Crippen LogP contribution in [0.3, 0.4) is 0 Å². The quantitative estimate of drug-likeness (QED) is 0.223. The van der Waals surface area contributed by atoms with Crippen LogP contribution in [-0.2, 0) is 5.75 Å². The van der Waals surface area contributed by atoms with Crippen LogP contribution in [0.1, 0.15) is 44.3 Å². The number of rotatable bonds is 7. The van der Waals surface area contributed by atoms with E-state index in [1.807, 2.05) is 24.4 Å². The summed E-state index contributed by atoms with van der Waals surface area (Å²) in [5.41, 5.74) is 3.04. The lowest BCUT2D eigenvalue weighted by Gasteiger charge is -2.31. The SMILES string of the molecule is COc1ccc(Br)cc1-c1nc(CSc2nnc(-c3cccnc3)n2C2CCCCC2C)cs1. The molecular formula is C25H26BrN5OS2. The second kappa shape index (κ2) is 10.6. The standard InChI is InChI=1S/C25H26BrN5OS2/c1-16-6-3-4-8-21(16)31-23(17-7-5-11-27-13-17)29-30-25(31)34-15-19-14-33-24(28-19)20-12-18(26)9-10-22(20)32-2/h5,7,9-14,16,21H,3-4,6,8,15H2,1-2H3. The highest BCUT2D eigenvalue weighted by Gasteiger charge is 2.28. The van der Waals surface area contributed by atoms with Gasteiger partial charge in [-0.1, -0.05) is 47.5 Å². The minimum absolute atomic E-state index is 0.401. The monoisotopic (exact) mass is 555 g/mol. The van der Waals surface area contributed by atoms with Gasteiger partial charge in [-0.25, -0.2) is 4.98 Å². The van der Waals surface area contributed by atoms with Crippen molar-refractivity contribution < 1.29 is 4.74 Å². The van der Waals surface area contributed by atoms with Crippen molar-refractivity contribution in [3.05, 3.63) is 58.3 Å². The van der Waals surface area contributed by atoms with Crippen LogP contribution in [0.15, 0.2) is 57.7 Å². The first-order valence-electron chi connectivity index (χ1n) is 11.4. The molecule has 1 aliphatic rings. The Kier molecular flexibility index (Phi) is 7.32. The van der Waals surface area contributed by atoms with Crippen molar-refractivity contribution in [3.8, 4) is 27.7 Å². The summed E-state index contributed by atoms with van der Waals surface area (Å²) in [5, 5.41) is 13.2. The molecule has 1 fully saturated rings. The first-order valence-corrected chi connectivity index (χ1v) is 14.1. The van der Waals surface area contributed by atoms with Gasteiger partial charge >= 0.3 is 0 Å². The molecule has 3 aromatic heterocycles. The molecule has 34 heavy (non-hydrogen) atoms. The zero-order valence-corrected chi connectivity index (χ0v) is 22.4. The van der Waals surface area contributed by atoms with Gasteiger partial charge in [-0.3, -0.25) is 9.55 Å². The van der Waals surface area contributed by atoms with E-state index < -0.39 is 0 Å². The number of thioether (sulfide) groups is 1. The molecule has 0 radical (unpaired) electrons. The van der Waals surface area contributed by atoms with Crippen molar-refractivity contribution in [3.63, 3.8) is 0 Å². The molecule has 176 valence electrons. The van der Waals surface area contributed by atoms with E-state index >= 15 is 0 Å². The zero-order chi connectivity index (χ0) is 23.5. The second-order valence-corrected chi connectivity index (χ2v) is 11.2. The summed E-state index contributed by atoms with van der Waals surface area (Å²) in [6, 6.07) is 10.4. The number of hydrogen-bond acceptors (Lipinski definition) is 7. The van der Waals surface area contributed by atoms with Crippen LogP contribution >= 0.6 is 39.0 Å². The van der Waals surface area contributed by atoms with E-state index in [0.717, 1.165) is 55.2 Å². The molecular weight excluding hydrogens is 530 g/mol. The largest absolute Gasteiger partial charge is 0.496 e. The summed E-state index contributed by atoms with van der Waals surface area (Å²) in [4.78, 5) is 9.21. The Morgan fingerprint density at radius 3 is 2.88 bits per heavy atom. The van der Waals surface area contributed by atoms with Crippen molar-refractivity contribution in [2.45, 2.75) is 49.6 Å². The zero-order valence-electron chi connectivity index (χ0n) is 19.1. The molecule has 1 aromatic carbocycles. The lowest BCUT2D eigenvalue weighted by atomic mass is 9.85. The van der Waals surface area contributed by atoms with Crippen LogP contribution in [0.4, 0.5) is 0 Å². The molecule has 1 aliphatic carbocycles. The third-order valence-corrected chi connectivity index (χ3v) is 8.67. The smallest absolute Gasteiger partial charge is 0.192 e. The van der Waals surface area contributed by atoms with Gasteiger partial charge in [0, 0.05) is 39.6 Å². The lowest BCUT2D eigenvalue weighted by molar-refractivity contribution is 0.247. The molecule has 0 saturated heterocycles. The second-order valence-electron chi connectivity index (χ2n) is 8.52. The number of ether oxygens (including phenoxy) is 1. The minimum Gasteiger partial charge on any atom is -0.496 e. The molecule has 0 aliphatic heterocycles. The van der Waals surface area contributed by atoms with Crippen LogP contribution in [-0.4, -0.2) is 31.8 Å². The number of pyridine rings is 1. The minimum atomic E-state index is 0.401. The Morgan fingerprint density at radius 1 is 1.21 bits per heavy atom. The third-order valence-electron chi connectivity index (χ3n) is 6.27. The fourth-order valence-electron chi connectivity index (χ4n) is 4.53. The van der Waals surface area contributed by atoms with Gasteiger partial charge in [0.05, 0.1) is 18.4 Å². The van der Waals surface area contributed by atoms with E-state index in [9.17, 15) is 0 Å². The molecule has 0 amide bonds. The van der Waals surface area contributed by atoms with E-state index in [-0.39, 0.29) is 0 Å². The predicted octanol–water partition coefficient (Wildman–Crippen LogP) is 7.28. The van der Waals surface area contributed by atoms with Gasteiger partial charge in [-0.05, 0) is 49.1 Å². The van der Waals surface area contributed by atoms with E-state index in [0.29, 0.717) is 12.0 Å². The maximum atomic E-state index is 5.54. The first kappa shape index (κ1) is 23.5. The molecule has 0 spiro atoms. The lowest BCUT2D eigenvalue weighted by Crippen LogP contribution is -2.22. The highest BCUT2D eigenvalue weighted by molar-refractivity contribution is 9.10. The molecule has 1 saturated carbocycles. The van der Waals surface area contributed by atoms with Crippen molar-refractivity contribution in [2.24, 2.45) is 5.92 Å². The summed E-state index contributed by atoms with van der Waals surface area (Å²) >= 11 is 6.90. The van der Waals surface area contributed by atoms with Gasteiger partial charge in [0.2, 0.25) is 0 Å². The fourth-order valence-corrected chi connectivity index (χ4v) is 6.72. The topological polar surface area (TPSA) is 65.7 Å². The van der Waals surface area contributed by atoms with E-state index in [2.05, 4.69) is 60.1 Å². The predicted molar refractivity (Wildman–Crippen MR) is 141 cm³/mol. The van der Waals surface area contributed by atoms with Crippen molar-refractivity contribution in [1.29, 1.82) is 0 Å². The number of methoxy groups -OCH3 is 1. The van der Waals surface area contributed by atoms with Gasteiger partial charge in [0.25, 0.3) is 0 Å². The number of hydrogen-bond donors (Lipinski definition) is 0. The summed E-state index contributed by atoms with van der Waals surface area (Å²) in [6.45, 7) is 2.35. The molecule has 2 atom stereocenters. The molecule has 0 bridgehead atoms. The van der Waals surface area contributed by atoms with E-state index in [1.165, 1.54) is 19.3 Å². The summed E-state index contributed by atoms with van der Waals surface area (Å²) < 4.78 is 8.91. The Morgan fingerprint density at radius 2 is 2.09 bits per heavy atom. The molecule has 5 rings (SSSR count). The number of halogens is 1. The van der Waals surface area contributed by atoms with Gasteiger partial charge in [0.15, 0.2) is 11.0 Å². The maximum Gasteiger partial charge on any atom is 0.192 e. The normalized spacial score (nSPS) is 18.2. The average Bonchev–Trinajstić information content (AvgIpc) is 3.51. The number of thiazole rings is 1. The maximum absolute atomic E-state index is 5.54. The highest BCUT2D eigenvalue weighted by atomic mass is 79.9. The summed E-state index contributed by atoms with van der Waals surface area (Å²) in [5.74, 6) is 3.06. The van der Waals surface area contributed by atoms with E-state index in [1.54, 1.807) is 36.4 Å². The van der Waals surface area contributed by atoms with Crippen molar-refractivity contribution >= 4 is 39.0 Å². The Hall–Kier alpha value is -2.23. The van der Waals surface area contributed by atoms with Crippen LogP contribution in [0, 0.1) is 5.92 Å². The fraction of sp³-hybridized carbons (Fsp3) is 0.360.